The van der Waals surface area contributed by atoms with Crippen molar-refractivity contribution in [3.05, 3.63) is 48.6 Å². The second kappa shape index (κ2) is 18.7. The molecule has 1 aromatic carbocycles. The van der Waals surface area contributed by atoms with Gasteiger partial charge in [0.25, 0.3) is 0 Å². The van der Waals surface area contributed by atoms with E-state index in [1.54, 1.807) is 10.1 Å². The molecule has 9 heteroatoms. The summed E-state index contributed by atoms with van der Waals surface area (Å²) in [6, 6.07) is 9.44. The van der Waals surface area contributed by atoms with Crippen LogP contribution in [0.15, 0.2) is 48.6 Å². The molecular formula is C32H48BF4P2RhS-. The molecule has 0 spiro atoms. The smallest absolute Gasteiger partial charge is 0.418 e. The third-order valence-electron chi connectivity index (χ3n) is 8.50. The molecule has 1 aromatic heterocycles. The number of benzene rings is 1. The molecule has 0 saturated carbocycles. The zero-order valence-electron chi connectivity index (χ0n) is 25.1. The van der Waals surface area contributed by atoms with Crippen LogP contribution < -0.4 is 9.92 Å². The van der Waals surface area contributed by atoms with Crippen LogP contribution in [-0.4, -0.2) is 29.9 Å². The molecule has 1 aliphatic carbocycles. The average Bonchev–Trinajstić information content (AvgIpc) is 3.60. The standard InChI is InChI=1S/C24H36P2S.C8H12.BF4.Rh/c1-5-17-13-14-18(6-2)25(17)23-21-11-9-10-12-22(21)27-24(23)26-19(7-3)15-16-20(26)8-4;1-2-4-6-8-7-5-3-1;2-1(3,4)5;/h9-12,17-20H,5-8,13-16H2,1-4H3;1-2,7-8H,3-6H2;;/q;;-1;/t17-,18-,19-,20-;;;/m0.../s1. The molecule has 2 saturated heterocycles. The van der Waals surface area contributed by atoms with Crippen molar-refractivity contribution < 1.29 is 36.7 Å². The van der Waals surface area contributed by atoms with Crippen LogP contribution in [0.2, 0.25) is 0 Å². The molecule has 0 N–H and O–H groups in total. The molecule has 0 nitrogen and oxygen atoms in total. The van der Waals surface area contributed by atoms with Gasteiger partial charge in [-0.15, -0.1) is 11.3 Å². The van der Waals surface area contributed by atoms with Gasteiger partial charge in [-0.1, -0.05) is 86.0 Å². The van der Waals surface area contributed by atoms with Gasteiger partial charge in [0.05, 0.1) is 0 Å². The summed E-state index contributed by atoms with van der Waals surface area (Å²) in [5, 5.41) is 3.56. The number of hydrogen-bond donors (Lipinski definition) is 0. The maximum atomic E-state index is 9.75. The maximum Gasteiger partial charge on any atom is 0.673 e. The Bertz CT molecular complexity index is 1030. The average molecular weight is 716 g/mol. The first kappa shape index (κ1) is 37.1. The van der Waals surface area contributed by atoms with Gasteiger partial charge in [0.15, 0.2) is 0 Å². The molecule has 41 heavy (non-hydrogen) atoms. The van der Waals surface area contributed by atoms with Crippen molar-refractivity contribution >= 4 is 54.4 Å². The number of allylic oxidation sites excluding steroid dienone is 4. The molecule has 2 aliphatic heterocycles. The zero-order valence-corrected chi connectivity index (χ0v) is 29.4. The van der Waals surface area contributed by atoms with Crippen molar-refractivity contribution in [1.29, 1.82) is 0 Å². The Morgan fingerprint density at radius 2 is 1.02 bits per heavy atom. The molecule has 233 valence electrons. The van der Waals surface area contributed by atoms with E-state index in [-0.39, 0.29) is 35.3 Å². The van der Waals surface area contributed by atoms with E-state index in [9.17, 15) is 17.3 Å². The summed E-state index contributed by atoms with van der Waals surface area (Å²) in [4.78, 5) is 0. The van der Waals surface area contributed by atoms with Crippen LogP contribution in [0.25, 0.3) is 10.1 Å². The molecule has 0 amide bonds. The Labute approximate surface area is 266 Å². The van der Waals surface area contributed by atoms with E-state index < -0.39 is 7.25 Å². The van der Waals surface area contributed by atoms with Crippen molar-refractivity contribution in [3.8, 4) is 0 Å². The van der Waals surface area contributed by atoms with Gasteiger partial charge >= 0.3 is 7.25 Å². The minimum absolute atomic E-state index is 0. The first-order valence-electron chi connectivity index (χ1n) is 15.5. The fraction of sp³-hybridized carbons (Fsp3) is 0.625. The van der Waals surface area contributed by atoms with Gasteiger partial charge < -0.3 is 17.3 Å². The van der Waals surface area contributed by atoms with Crippen LogP contribution in [0.4, 0.5) is 17.3 Å². The third-order valence-corrected chi connectivity index (χ3v) is 18.0. The fourth-order valence-corrected chi connectivity index (χ4v) is 17.1. The second-order valence-electron chi connectivity index (χ2n) is 11.1. The minimum Gasteiger partial charge on any atom is -0.418 e. The Kier molecular flexibility index (Phi) is 16.9. The molecule has 0 unspecified atom stereocenters. The molecule has 4 atom stereocenters. The van der Waals surface area contributed by atoms with Crippen molar-refractivity contribution in [3.63, 3.8) is 0 Å². The van der Waals surface area contributed by atoms with Crippen molar-refractivity contribution in [2.24, 2.45) is 0 Å². The second-order valence-corrected chi connectivity index (χ2v) is 17.9. The van der Waals surface area contributed by atoms with E-state index in [4.69, 9.17) is 0 Å². The summed E-state index contributed by atoms with van der Waals surface area (Å²) in [6.07, 6.45) is 25.5. The molecule has 3 heterocycles. The van der Waals surface area contributed by atoms with E-state index in [2.05, 4.69) is 87.6 Å². The van der Waals surface area contributed by atoms with Gasteiger partial charge in [0.2, 0.25) is 0 Å². The Hall–Kier alpha value is -0.0717. The predicted molar refractivity (Wildman–Crippen MR) is 177 cm³/mol. The van der Waals surface area contributed by atoms with Crippen LogP contribution in [-0.2, 0) is 19.5 Å². The number of halogens is 4. The molecule has 5 rings (SSSR count). The van der Waals surface area contributed by atoms with Crippen LogP contribution in [0.5, 0.6) is 0 Å². The maximum absolute atomic E-state index is 9.75. The zero-order chi connectivity index (χ0) is 29.1. The number of fused-ring (bicyclic) bond motifs is 1. The van der Waals surface area contributed by atoms with Gasteiger partial charge in [-0.05, 0) is 106 Å². The monoisotopic (exact) mass is 716 g/mol. The van der Waals surface area contributed by atoms with Gasteiger partial charge in [-0.25, -0.2) is 0 Å². The van der Waals surface area contributed by atoms with Crippen molar-refractivity contribution in [1.82, 2.24) is 0 Å². The fourth-order valence-electron chi connectivity index (χ4n) is 6.52. The first-order valence-corrected chi connectivity index (χ1v) is 19.3. The normalized spacial score (nSPS) is 25.1. The van der Waals surface area contributed by atoms with Crippen molar-refractivity contribution in [2.75, 3.05) is 0 Å². The Balaban J connectivity index is 0.000000349. The SMILES string of the molecule is C1=CCCC=CCC1.CC[C@H]1CC[C@H](CC)P1c1sc2ccccc2c1P1[C@@H](CC)CC[C@@H]1CC.F[B-](F)(F)F.[Rh]. The van der Waals surface area contributed by atoms with Gasteiger partial charge in [-0.2, -0.15) is 0 Å². The number of rotatable bonds is 6. The van der Waals surface area contributed by atoms with E-state index in [1.807, 2.05) is 9.92 Å². The molecule has 2 aromatic rings. The van der Waals surface area contributed by atoms with E-state index in [1.165, 1.54) is 77.0 Å². The molecule has 1 radical (unpaired) electrons. The van der Waals surface area contributed by atoms with E-state index >= 15 is 0 Å². The van der Waals surface area contributed by atoms with E-state index in [0.29, 0.717) is 0 Å². The predicted octanol–water partition coefficient (Wildman–Crippen LogP) is 11.8. The minimum atomic E-state index is -6.00. The van der Waals surface area contributed by atoms with Gasteiger partial charge in [0.1, 0.15) is 0 Å². The molecule has 3 aliphatic rings. The quantitative estimate of drug-likeness (QED) is 0.121. The topological polar surface area (TPSA) is 0 Å². The summed E-state index contributed by atoms with van der Waals surface area (Å²) in [6.45, 7) is 9.82. The first-order chi connectivity index (χ1) is 19.2. The van der Waals surface area contributed by atoms with Gasteiger partial charge in [-0.3, -0.25) is 0 Å². The largest absolute Gasteiger partial charge is 0.673 e. The Morgan fingerprint density at radius 3 is 1.41 bits per heavy atom. The number of thiophene rings is 1. The summed E-state index contributed by atoms with van der Waals surface area (Å²) < 4.78 is 42.5. The van der Waals surface area contributed by atoms with Crippen LogP contribution in [0, 0.1) is 0 Å². The number of hydrogen-bond acceptors (Lipinski definition) is 1. The van der Waals surface area contributed by atoms with Crippen LogP contribution in [0.3, 0.4) is 0 Å². The Morgan fingerprint density at radius 1 is 0.659 bits per heavy atom. The summed E-state index contributed by atoms with van der Waals surface area (Å²) in [5.74, 6) is 0. The third kappa shape index (κ3) is 10.8. The van der Waals surface area contributed by atoms with Crippen LogP contribution in [0.1, 0.15) is 105 Å². The molecule has 2 fully saturated rings. The summed E-state index contributed by atoms with van der Waals surface area (Å²) >= 11 is 2.22. The van der Waals surface area contributed by atoms with Crippen molar-refractivity contribution in [2.45, 2.75) is 127 Å². The summed E-state index contributed by atoms with van der Waals surface area (Å²) in [5.41, 5.74) is 3.91. The van der Waals surface area contributed by atoms with Gasteiger partial charge in [0, 0.05) is 39.5 Å². The van der Waals surface area contributed by atoms with Crippen LogP contribution >= 0.6 is 27.2 Å². The molecule has 0 bridgehead atoms. The van der Waals surface area contributed by atoms with E-state index in [0.717, 1.165) is 22.6 Å². The summed E-state index contributed by atoms with van der Waals surface area (Å²) in [7, 11) is -5.95. The molecular weight excluding hydrogens is 668 g/mol.